The first-order valence-electron chi connectivity index (χ1n) is 18.1. The zero-order valence-corrected chi connectivity index (χ0v) is 29.8. The maximum absolute atomic E-state index is 13.8. The molecule has 2 aliphatic heterocycles. The van der Waals surface area contributed by atoms with Crippen LogP contribution in [0.5, 0.6) is 0 Å². The van der Waals surface area contributed by atoms with Gasteiger partial charge in [0.15, 0.2) is 0 Å². The van der Waals surface area contributed by atoms with Gasteiger partial charge in [0.25, 0.3) is 11.8 Å². The number of hydrogen-bond acceptors (Lipinski definition) is 7. The van der Waals surface area contributed by atoms with E-state index >= 15 is 0 Å². The molecule has 13 heteroatoms. The smallest absolute Gasteiger partial charge is 0.379 e. The molecule has 3 aliphatic rings. The van der Waals surface area contributed by atoms with E-state index in [1.807, 2.05) is 31.2 Å². The second-order valence-corrected chi connectivity index (χ2v) is 13.9. The average molecular weight is 731 g/mol. The fourth-order valence-electron chi connectivity index (χ4n) is 6.82. The average Bonchev–Trinajstić information content (AvgIpc) is 3.17. The maximum atomic E-state index is 13.8. The fourth-order valence-corrected chi connectivity index (χ4v) is 6.82. The summed E-state index contributed by atoms with van der Waals surface area (Å²) in [7, 11) is 0. The first kappa shape index (κ1) is 37.7. The van der Waals surface area contributed by atoms with Crippen LogP contribution in [0.25, 0.3) is 11.3 Å². The predicted octanol–water partition coefficient (Wildman–Crippen LogP) is 5.97. The number of anilines is 2. The molecule has 3 aromatic rings. The highest BCUT2D eigenvalue weighted by Gasteiger charge is 2.35. The summed E-state index contributed by atoms with van der Waals surface area (Å²) < 4.78 is 45.0. The second kappa shape index (κ2) is 16.8. The molecule has 1 unspecified atom stereocenters. The summed E-state index contributed by atoms with van der Waals surface area (Å²) in [6, 6.07) is 13.7. The van der Waals surface area contributed by atoms with Crippen molar-refractivity contribution >= 4 is 29.1 Å². The van der Waals surface area contributed by atoms with Crippen molar-refractivity contribution in [2.45, 2.75) is 45.3 Å². The summed E-state index contributed by atoms with van der Waals surface area (Å²) in [6.45, 7) is 7.75. The molecule has 0 radical (unpaired) electrons. The Balaban J connectivity index is 1.18. The summed E-state index contributed by atoms with van der Waals surface area (Å²) in [5.41, 5.74) is 1.80. The van der Waals surface area contributed by atoms with E-state index in [4.69, 9.17) is 4.74 Å². The van der Waals surface area contributed by atoms with E-state index in [-0.39, 0.29) is 30.3 Å². The number of amides is 3. The van der Waals surface area contributed by atoms with Crippen molar-refractivity contribution < 1.29 is 32.3 Å². The Kier molecular flexibility index (Phi) is 11.9. The van der Waals surface area contributed by atoms with E-state index in [0.717, 1.165) is 69.8 Å². The van der Waals surface area contributed by atoms with E-state index in [2.05, 4.69) is 30.7 Å². The van der Waals surface area contributed by atoms with Crippen molar-refractivity contribution in [3.05, 3.63) is 101 Å². The number of morpholine rings is 1. The predicted molar refractivity (Wildman–Crippen MR) is 197 cm³/mol. The van der Waals surface area contributed by atoms with Crippen LogP contribution in [0.4, 0.5) is 24.5 Å². The Labute approximate surface area is 307 Å². The van der Waals surface area contributed by atoms with Gasteiger partial charge in [-0.2, -0.15) is 13.2 Å². The fraction of sp³-hybridized carbons (Fsp3) is 0.400. The molecule has 2 saturated heterocycles. The van der Waals surface area contributed by atoms with Crippen LogP contribution in [0.15, 0.2) is 84.6 Å². The third-order valence-corrected chi connectivity index (χ3v) is 9.92. The number of alkyl halides is 3. The number of piperidine rings is 1. The molecule has 10 nitrogen and oxygen atoms in total. The quantitative estimate of drug-likeness (QED) is 0.223. The van der Waals surface area contributed by atoms with E-state index < -0.39 is 23.1 Å². The van der Waals surface area contributed by atoms with Crippen molar-refractivity contribution in [1.82, 2.24) is 20.5 Å². The number of benzene rings is 2. The highest BCUT2D eigenvalue weighted by atomic mass is 19.4. The molecule has 2 aromatic carbocycles. The van der Waals surface area contributed by atoms with Crippen molar-refractivity contribution in [3.63, 3.8) is 0 Å². The van der Waals surface area contributed by atoms with Gasteiger partial charge in [-0.05, 0) is 80.6 Å². The van der Waals surface area contributed by atoms with Gasteiger partial charge < -0.3 is 25.6 Å². The Bertz CT molecular complexity index is 1870. The minimum absolute atomic E-state index is 0.0967. The molecule has 1 aliphatic carbocycles. The topological polar surface area (TPSA) is 116 Å². The van der Waals surface area contributed by atoms with Gasteiger partial charge in [0.2, 0.25) is 5.91 Å². The molecule has 3 N–H and O–H groups in total. The van der Waals surface area contributed by atoms with Gasteiger partial charge in [0, 0.05) is 74.4 Å². The molecule has 0 spiro atoms. The lowest BCUT2D eigenvalue weighted by atomic mass is 9.79. The number of nitrogens with one attached hydrogen (secondary N) is 3. The SMILES string of the molecule is CC1(C(=O)NCCN2CCOCC2)C=CC=C(C(=O)Nc2ccc(N3CCCCC3)cc2-c2cc(C(=O)NCc3cccc(C(F)(F)F)c3)ccn2)C1. The number of allylic oxidation sites excluding steroid dienone is 2. The summed E-state index contributed by atoms with van der Waals surface area (Å²) >= 11 is 0. The molecule has 0 bridgehead atoms. The Morgan fingerprint density at radius 3 is 2.49 bits per heavy atom. The third-order valence-electron chi connectivity index (χ3n) is 9.92. The van der Waals surface area contributed by atoms with E-state index in [1.54, 1.807) is 18.2 Å². The van der Waals surface area contributed by atoms with Crippen molar-refractivity contribution in [2.75, 3.05) is 62.7 Å². The van der Waals surface area contributed by atoms with Gasteiger partial charge >= 0.3 is 6.18 Å². The molecule has 6 rings (SSSR count). The summed E-state index contributed by atoms with van der Waals surface area (Å²) in [5, 5.41) is 8.78. The highest BCUT2D eigenvalue weighted by Crippen LogP contribution is 2.36. The monoisotopic (exact) mass is 730 g/mol. The Hall–Kier alpha value is -5.01. The van der Waals surface area contributed by atoms with Crippen LogP contribution < -0.4 is 20.9 Å². The zero-order valence-electron chi connectivity index (χ0n) is 29.8. The number of aromatic nitrogens is 1. The van der Waals surface area contributed by atoms with Crippen molar-refractivity contribution in [2.24, 2.45) is 5.41 Å². The number of nitrogens with zero attached hydrogens (tertiary/aromatic N) is 3. The van der Waals surface area contributed by atoms with E-state index in [1.165, 1.54) is 24.4 Å². The van der Waals surface area contributed by atoms with Crippen LogP contribution in [0.2, 0.25) is 0 Å². The number of carbonyl (C=O) groups is 3. The van der Waals surface area contributed by atoms with Crippen molar-refractivity contribution in [1.29, 1.82) is 0 Å². The van der Waals surface area contributed by atoms with Crippen LogP contribution in [-0.4, -0.2) is 80.1 Å². The molecule has 3 amide bonds. The normalized spacial score (nSPS) is 19.3. The summed E-state index contributed by atoms with van der Waals surface area (Å²) in [6.07, 6.45) is 5.77. The Morgan fingerprint density at radius 2 is 1.72 bits per heavy atom. The molecule has 1 atom stereocenters. The van der Waals surface area contributed by atoms with Gasteiger partial charge in [0.05, 0.1) is 35.6 Å². The minimum atomic E-state index is -4.49. The van der Waals surface area contributed by atoms with Crippen LogP contribution in [0, 0.1) is 5.41 Å². The first-order chi connectivity index (χ1) is 25.5. The molecule has 280 valence electrons. The second-order valence-electron chi connectivity index (χ2n) is 13.9. The molecular weight excluding hydrogens is 685 g/mol. The van der Waals surface area contributed by atoms with E-state index in [0.29, 0.717) is 47.8 Å². The minimum Gasteiger partial charge on any atom is -0.379 e. The molecule has 3 heterocycles. The standard InChI is InChI=1S/C40H45F3N6O4/c1-39(38(52)45-15-18-48-19-21-53-22-20-48)13-6-8-30(26-39)37(51)47-34-11-10-32(49-16-3-2-4-17-49)25-33(34)35-24-29(12-14-44-35)36(50)46-27-28-7-5-9-31(23-28)40(41,42)43/h5-14,23-25H,2-4,15-22,26-27H2,1H3,(H,45,52)(H,46,50)(H,47,51). The van der Waals surface area contributed by atoms with Gasteiger partial charge in [-0.15, -0.1) is 0 Å². The number of ether oxygens (including phenoxy) is 1. The molecular formula is C40H45F3N6O4. The highest BCUT2D eigenvalue weighted by molar-refractivity contribution is 6.07. The van der Waals surface area contributed by atoms with E-state index in [9.17, 15) is 27.6 Å². The third kappa shape index (κ3) is 9.71. The first-order valence-corrected chi connectivity index (χ1v) is 18.1. The van der Waals surface area contributed by atoms with Gasteiger partial charge in [0.1, 0.15) is 0 Å². The van der Waals surface area contributed by atoms with Crippen LogP contribution in [0.1, 0.15) is 54.1 Å². The summed E-state index contributed by atoms with van der Waals surface area (Å²) in [5.74, 6) is -0.992. The summed E-state index contributed by atoms with van der Waals surface area (Å²) in [4.78, 5) is 49.5. The number of carbonyl (C=O) groups excluding carboxylic acids is 3. The lowest BCUT2D eigenvalue weighted by Gasteiger charge is -2.30. The lowest BCUT2D eigenvalue weighted by Crippen LogP contribution is -2.45. The number of rotatable bonds is 11. The maximum Gasteiger partial charge on any atom is 0.416 e. The van der Waals surface area contributed by atoms with Crippen LogP contribution in [-0.2, 0) is 27.0 Å². The zero-order chi connectivity index (χ0) is 37.4. The number of hydrogen-bond donors (Lipinski definition) is 3. The molecule has 0 saturated carbocycles. The van der Waals surface area contributed by atoms with Crippen molar-refractivity contribution in [3.8, 4) is 11.3 Å². The molecule has 2 fully saturated rings. The lowest BCUT2D eigenvalue weighted by molar-refractivity contribution is -0.137. The number of pyridine rings is 1. The van der Waals surface area contributed by atoms with Crippen LogP contribution >= 0.6 is 0 Å². The van der Waals surface area contributed by atoms with Gasteiger partial charge in [-0.25, -0.2) is 0 Å². The van der Waals surface area contributed by atoms with Crippen LogP contribution in [0.3, 0.4) is 0 Å². The van der Waals surface area contributed by atoms with Gasteiger partial charge in [-0.3, -0.25) is 24.3 Å². The molecule has 1 aromatic heterocycles. The largest absolute Gasteiger partial charge is 0.416 e. The molecule has 53 heavy (non-hydrogen) atoms. The van der Waals surface area contributed by atoms with Gasteiger partial charge in [-0.1, -0.05) is 30.4 Å². The Morgan fingerprint density at radius 1 is 0.925 bits per heavy atom. The number of halogens is 3.